The van der Waals surface area contributed by atoms with E-state index < -0.39 is 0 Å². The lowest BCUT2D eigenvalue weighted by Gasteiger charge is -2.24. The number of allylic oxidation sites excluding steroid dienone is 2. The monoisotopic (exact) mass is 270 g/mol. The second kappa shape index (κ2) is 6.96. The molecule has 1 rings (SSSR count). The molecular formula is C18H22O2. The average Bonchev–Trinajstić information content (AvgIpc) is 2.38. The Hall–Kier alpha value is -2.01. The van der Waals surface area contributed by atoms with Crippen molar-refractivity contribution >= 4 is 5.97 Å². The first-order valence-electron chi connectivity index (χ1n) is 6.77. The molecule has 0 aromatic heterocycles. The lowest BCUT2D eigenvalue weighted by atomic mass is 9.79. The lowest BCUT2D eigenvalue weighted by molar-refractivity contribution is -0.131. The minimum atomic E-state index is -0.319. The van der Waals surface area contributed by atoms with Gasteiger partial charge in [-0.2, -0.15) is 0 Å². The molecule has 0 amide bonds. The van der Waals surface area contributed by atoms with E-state index >= 15 is 0 Å². The molecule has 106 valence electrons. The van der Waals surface area contributed by atoms with Crippen molar-refractivity contribution in [1.29, 1.82) is 0 Å². The van der Waals surface area contributed by atoms with Gasteiger partial charge in [0.2, 0.25) is 0 Å². The summed E-state index contributed by atoms with van der Waals surface area (Å²) in [5, 5.41) is 0. The molecule has 1 aromatic rings. The number of carbonyl (C=O) groups is 1. The topological polar surface area (TPSA) is 26.3 Å². The molecule has 0 aliphatic rings. The van der Waals surface area contributed by atoms with Gasteiger partial charge in [0.15, 0.2) is 0 Å². The summed E-state index contributed by atoms with van der Waals surface area (Å²) < 4.78 is 5.03. The minimum Gasteiger partial charge on any atom is -0.427 e. The summed E-state index contributed by atoms with van der Waals surface area (Å²) >= 11 is 0. The van der Waals surface area contributed by atoms with Crippen LogP contribution in [-0.2, 0) is 10.2 Å². The van der Waals surface area contributed by atoms with Gasteiger partial charge in [-0.15, -0.1) is 6.42 Å². The summed E-state index contributed by atoms with van der Waals surface area (Å²) in [5.74, 6) is 3.12. The Morgan fingerprint density at radius 2 is 1.90 bits per heavy atom. The minimum absolute atomic E-state index is 0.305. The van der Waals surface area contributed by atoms with Gasteiger partial charge in [0.05, 0.1) is 5.41 Å². The number of esters is 1. The van der Waals surface area contributed by atoms with Crippen LogP contribution in [0.4, 0.5) is 0 Å². The van der Waals surface area contributed by atoms with E-state index in [9.17, 15) is 4.79 Å². The van der Waals surface area contributed by atoms with E-state index in [4.69, 9.17) is 11.2 Å². The fourth-order valence-corrected chi connectivity index (χ4v) is 2.01. The Bertz CT molecular complexity index is 528. The molecule has 1 atom stereocenters. The zero-order chi connectivity index (χ0) is 15.2. The van der Waals surface area contributed by atoms with Gasteiger partial charge in [-0.3, -0.25) is 4.79 Å². The van der Waals surface area contributed by atoms with Gasteiger partial charge in [0.1, 0.15) is 5.75 Å². The maximum atomic E-state index is 10.9. The molecule has 0 N–H and O–H groups in total. The first-order chi connectivity index (χ1) is 9.37. The van der Waals surface area contributed by atoms with Crippen LogP contribution in [0.25, 0.3) is 0 Å². The molecule has 0 fully saturated rings. The van der Waals surface area contributed by atoms with Crippen molar-refractivity contribution in [3.05, 3.63) is 41.5 Å². The van der Waals surface area contributed by atoms with E-state index in [0.29, 0.717) is 5.75 Å². The average molecular weight is 270 g/mol. The van der Waals surface area contributed by atoms with E-state index in [2.05, 4.69) is 32.8 Å². The molecule has 0 saturated heterocycles. The van der Waals surface area contributed by atoms with Gasteiger partial charge < -0.3 is 4.74 Å². The second-order valence-electron chi connectivity index (χ2n) is 5.41. The summed E-state index contributed by atoms with van der Waals surface area (Å²) in [7, 11) is 0. The molecule has 0 aliphatic carbocycles. The van der Waals surface area contributed by atoms with Crippen molar-refractivity contribution in [1.82, 2.24) is 0 Å². The standard InChI is InChI=1S/C18H22O2/c1-6-18(5,13-7-8-14(2)3)16-9-11-17(12-10-16)20-15(4)19/h1,8-12H,7,13H2,2-5H3. The highest BCUT2D eigenvalue weighted by atomic mass is 16.5. The molecular weight excluding hydrogens is 248 g/mol. The van der Waals surface area contributed by atoms with Crippen molar-refractivity contribution in [3.8, 4) is 18.1 Å². The van der Waals surface area contributed by atoms with E-state index in [0.717, 1.165) is 18.4 Å². The molecule has 0 spiro atoms. The predicted molar refractivity (Wildman–Crippen MR) is 82.6 cm³/mol. The number of hydrogen-bond acceptors (Lipinski definition) is 2. The Labute approximate surface area is 121 Å². The molecule has 0 heterocycles. The number of rotatable bonds is 5. The smallest absolute Gasteiger partial charge is 0.308 e. The van der Waals surface area contributed by atoms with Crippen LogP contribution in [0.15, 0.2) is 35.9 Å². The molecule has 20 heavy (non-hydrogen) atoms. The molecule has 2 heteroatoms. The highest BCUT2D eigenvalue weighted by Gasteiger charge is 2.23. The lowest BCUT2D eigenvalue weighted by Crippen LogP contribution is -2.19. The molecule has 0 radical (unpaired) electrons. The van der Waals surface area contributed by atoms with Gasteiger partial charge >= 0.3 is 5.97 Å². The molecule has 0 aliphatic heterocycles. The maximum Gasteiger partial charge on any atom is 0.308 e. The van der Waals surface area contributed by atoms with Crippen molar-refractivity contribution in [2.45, 2.75) is 46.0 Å². The molecule has 2 nitrogen and oxygen atoms in total. The van der Waals surface area contributed by atoms with Crippen LogP contribution < -0.4 is 4.74 Å². The molecule has 1 aromatic carbocycles. The fourth-order valence-electron chi connectivity index (χ4n) is 2.01. The fraction of sp³-hybridized carbons (Fsp3) is 0.389. The van der Waals surface area contributed by atoms with Crippen molar-refractivity contribution in [3.63, 3.8) is 0 Å². The highest BCUT2D eigenvalue weighted by Crippen LogP contribution is 2.30. The van der Waals surface area contributed by atoms with Crippen LogP contribution in [0.2, 0.25) is 0 Å². The van der Waals surface area contributed by atoms with E-state index in [1.165, 1.54) is 12.5 Å². The number of ether oxygens (including phenoxy) is 1. The third-order valence-corrected chi connectivity index (χ3v) is 3.27. The third kappa shape index (κ3) is 4.59. The van der Waals surface area contributed by atoms with Crippen molar-refractivity contribution in [2.24, 2.45) is 0 Å². The van der Waals surface area contributed by atoms with Crippen LogP contribution in [0, 0.1) is 12.3 Å². The first kappa shape index (κ1) is 16.0. The van der Waals surface area contributed by atoms with Gasteiger partial charge in [-0.1, -0.05) is 29.7 Å². The molecule has 1 unspecified atom stereocenters. The SMILES string of the molecule is C#CC(C)(CCC=C(C)C)c1ccc(OC(C)=O)cc1. The number of terminal acetylenes is 1. The summed E-state index contributed by atoms with van der Waals surface area (Å²) in [6.45, 7) is 7.62. The van der Waals surface area contributed by atoms with E-state index in [1.807, 2.05) is 12.1 Å². The van der Waals surface area contributed by atoms with Crippen LogP contribution in [0.3, 0.4) is 0 Å². The molecule has 0 bridgehead atoms. The molecule has 0 saturated carbocycles. The number of benzene rings is 1. The van der Waals surface area contributed by atoms with Crippen molar-refractivity contribution < 1.29 is 9.53 Å². The third-order valence-electron chi connectivity index (χ3n) is 3.27. The Balaban J connectivity index is 2.86. The summed E-state index contributed by atoms with van der Waals surface area (Å²) in [4.78, 5) is 10.9. The van der Waals surface area contributed by atoms with E-state index in [-0.39, 0.29) is 11.4 Å². The quantitative estimate of drug-likeness (QED) is 0.346. The van der Waals surface area contributed by atoms with Crippen LogP contribution >= 0.6 is 0 Å². The van der Waals surface area contributed by atoms with Gasteiger partial charge in [-0.05, 0) is 51.3 Å². The normalized spacial score (nSPS) is 12.9. The van der Waals surface area contributed by atoms with Gasteiger partial charge in [0, 0.05) is 6.92 Å². The summed E-state index contributed by atoms with van der Waals surface area (Å²) in [5.41, 5.74) is 2.06. The van der Waals surface area contributed by atoms with Crippen molar-refractivity contribution in [2.75, 3.05) is 0 Å². The Kier molecular flexibility index (Phi) is 5.58. The second-order valence-corrected chi connectivity index (χ2v) is 5.41. The maximum absolute atomic E-state index is 10.9. The summed E-state index contributed by atoms with van der Waals surface area (Å²) in [6.07, 6.45) is 9.76. The zero-order valence-corrected chi connectivity index (χ0v) is 12.7. The van der Waals surface area contributed by atoms with Gasteiger partial charge in [-0.25, -0.2) is 0 Å². The predicted octanol–water partition coefficient (Wildman–Crippen LogP) is 4.25. The van der Waals surface area contributed by atoms with Gasteiger partial charge in [0.25, 0.3) is 0 Å². The summed E-state index contributed by atoms with van der Waals surface area (Å²) in [6, 6.07) is 7.43. The van der Waals surface area contributed by atoms with Crippen LogP contribution in [-0.4, -0.2) is 5.97 Å². The largest absolute Gasteiger partial charge is 0.427 e. The highest BCUT2D eigenvalue weighted by molar-refractivity contribution is 5.69. The zero-order valence-electron chi connectivity index (χ0n) is 12.7. The number of hydrogen-bond donors (Lipinski definition) is 0. The van der Waals surface area contributed by atoms with Crippen LogP contribution in [0.1, 0.15) is 46.1 Å². The first-order valence-corrected chi connectivity index (χ1v) is 6.77. The Morgan fingerprint density at radius 3 is 2.35 bits per heavy atom. The Morgan fingerprint density at radius 1 is 1.30 bits per heavy atom. The van der Waals surface area contributed by atoms with Crippen LogP contribution in [0.5, 0.6) is 5.75 Å². The van der Waals surface area contributed by atoms with E-state index in [1.54, 1.807) is 12.1 Å². The number of carbonyl (C=O) groups excluding carboxylic acids is 1.